The van der Waals surface area contributed by atoms with Crippen LogP contribution in [0, 0.1) is 11.8 Å². The van der Waals surface area contributed by atoms with E-state index in [1.54, 1.807) is 0 Å². The molecule has 2 atom stereocenters. The van der Waals surface area contributed by atoms with E-state index in [0.29, 0.717) is 11.8 Å². The highest BCUT2D eigenvalue weighted by atomic mass is 32.1. The molecular weight excluding hydrogens is 699 g/mol. The van der Waals surface area contributed by atoms with Gasteiger partial charge in [0.2, 0.25) is 0 Å². The predicted molar refractivity (Wildman–Crippen MR) is 236 cm³/mol. The summed E-state index contributed by atoms with van der Waals surface area (Å²) < 4.78 is 4.74. The molecule has 0 saturated carbocycles. The van der Waals surface area contributed by atoms with Crippen LogP contribution in [0.3, 0.4) is 0 Å². The third kappa shape index (κ3) is 5.66. The fraction of sp³-hybridized carbons (Fsp3) is 0.0385. The van der Waals surface area contributed by atoms with Gasteiger partial charge in [-0.3, -0.25) is 4.57 Å². The molecule has 0 amide bonds. The third-order valence-corrected chi connectivity index (χ3v) is 12.5. The van der Waals surface area contributed by atoms with Crippen LogP contribution in [-0.2, 0) is 0 Å². The standard InChI is InChI=1S/C52H35N3S/c1-3-13-37(14-4-1)51-53-54-52(55(51)45-17-5-2-6-18-45)38-23-21-36(22-24-38)46-32-44(42-26-20-35-12-8-10-16-40(35)30-42)33-48-47-31-43(27-28-49(47)56-50(46)48)41-25-19-34-11-7-9-15-39(34)29-41/h1-34,39H. The van der Waals surface area contributed by atoms with Crippen molar-refractivity contribution in [2.45, 2.75) is 0 Å². The average molecular weight is 734 g/mol. The van der Waals surface area contributed by atoms with Gasteiger partial charge in [-0.15, -0.1) is 21.5 Å². The summed E-state index contributed by atoms with van der Waals surface area (Å²) in [7, 11) is 0. The highest BCUT2D eigenvalue weighted by molar-refractivity contribution is 7.26. The second-order valence-corrected chi connectivity index (χ2v) is 15.7. The van der Waals surface area contributed by atoms with Crippen molar-refractivity contribution in [2.75, 3.05) is 0 Å². The highest BCUT2D eigenvalue weighted by Gasteiger charge is 2.21. The monoisotopic (exact) mass is 733 g/mol. The van der Waals surface area contributed by atoms with Crippen LogP contribution < -0.4 is 0 Å². The largest absolute Gasteiger partial charge is 0.275 e. The Labute approximate surface area is 329 Å². The smallest absolute Gasteiger partial charge is 0.168 e. The molecule has 0 saturated heterocycles. The number of nitrogens with zero attached hydrogens (tertiary/aromatic N) is 3. The van der Waals surface area contributed by atoms with Gasteiger partial charge in [0.25, 0.3) is 0 Å². The molecule has 56 heavy (non-hydrogen) atoms. The van der Waals surface area contributed by atoms with Gasteiger partial charge in [0, 0.05) is 54.4 Å². The Morgan fingerprint density at radius 1 is 0.464 bits per heavy atom. The maximum absolute atomic E-state index is 4.77. The van der Waals surface area contributed by atoms with E-state index >= 15 is 0 Å². The second kappa shape index (κ2) is 13.5. The molecule has 2 heterocycles. The van der Waals surface area contributed by atoms with Gasteiger partial charge in [0.05, 0.1) is 0 Å². The van der Waals surface area contributed by atoms with E-state index in [0.717, 1.165) is 28.5 Å². The minimum absolute atomic E-state index is 0.399. The SMILES string of the molecule is C1=CC2C=CC(c3ccc4sc5c(-c6ccc(-c7nnc(-c8ccccc8)n7-c7ccccc7)cc6)cc(-c6ccc7ccccc7c6)cc5c4c3)=CC2C=C1. The zero-order chi connectivity index (χ0) is 37.0. The molecule has 9 aromatic rings. The Bertz CT molecular complexity index is 3070. The van der Waals surface area contributed by atoms with Gasteiger partial charge < -0.3 is 0 Å². The predicted octanol–water partition coefficient (Wildman–Crippen LogP) is 13.8. The molecule has 2 aliphatic carbocycles. The first-order valence-corrected chi connectivity index (χ1v) is 20.0. The number of para-hydroxylation sites is 1. The quantitative estimate of drug-likeness (QED) is 0.170. The Balaban J connectivity index is 1.06. The topological polar surface area (TPSA) is 30.7 Å². The van der Waals surface area contributed by atoms with Crippen molar-refractivity contribution in [3.63, 3.8) is 0 Å². The number of hydrogen-bond donors (Lipinski definition) is 0. The number of hydrogen-bond acceptors (Lipinski definition) is 3. The van der Waals surface area contributed by atoms with Crippen LogP contribution in [-0.4, -0.2) is 14.8 Å². The Morgan fingerprint density at radius 3 is 1.91 bits per heavy atom. The molecule has 2 aliphatic rings. The first kappa shape index (κ1) is 32.5. The fourth-order valence-electron chi connectivity index (χ4n) is 8.34. The van der Waals surface area contributed by atoms with Crippen molar-refractivity contribution in [1.29, 1.82) is 0 Å². The van der Waals surface area contributed by atoms with Crippen molar-refractivity contribution < 1.29 is 0 Å². The first-order chi connectivity index (χ1) is 27.7. The summed E-state index contributed by atoms with van der Waals surface area (Å²) >= 11 is 1.88. The average Bonchev–Trinajstić information content (AvgIpc) is 3.89. The lowest BCUT2D eigenvalue weighted by atomic mass is 9.81. The summed E-state index contributed by atoms with van der Waals surface area (Å²) in [5.74, 6) is 2.46. The van der Waals surface area contributed by atoms with E-state index < -0.39 is 0 Å². The number of fused-ring (bicyclic) bond motifs is 5. The van der Waals surface area contributed by atoms with E-state index in [4.69, 9.17) is 10.2 Å². The summed E-state index contributed by atoms with van der Waals surface area (Å²) in [5.41, 5.74) is 10.4. The van der Waals surface area contributed by atoms with Crippen LogP contribution in [0.15, 0.2) is 200 Å². The summed E-state index contributed by atoms with van der Waals surface area (Å²) in [6.45, 7) is 0. The number of rotatable bonds is 6. The molecule has 2 aromatic heterocycles. The molecule has 4 heteroatoms. The van der Waals surface area contributed by atoms with Crippen molar-refractivity contribution in [1.82, 2.24) is 14.8 Å². The van der Waals surface area contributed by atoms with Crippen molar-refractivity contribution in [3.05, 3.63) is 206 Å². The molecule has 0 fully saturated rings. The minimum Gasteiger partial charge on any atom is -0.275 e. The minimum atomic E-state index is 0.399. The lowest BCUT2D eigenvalue weighted by molar-refractivity contribution is 0.663. The number of benzene rings is 7. The summed E-state index contributed by atoms with van der Waals surface area (Å²) in [4.78, 5) is 0. The summed E-state index contributed by atoms with van der Waals surface area (Å²) in [5, 5.41) is 14.5. The van der Waals surface area contributed by atoms with Crippen LogP contribution in [0.2, 0.25) is 0 Å². The van der Waals surface area contributed by atoms with Crippen LogP contribution in [0.1, 0.15) is 5.56 Å². The van der Waals surface area contributed by atoms with Gasteiger partial charge in [-0.2, -0.15) is 0 Å². The van der Waals surface area contributed by atoms with Crippen LogP contribution in [0.5, 0.6) is 0 Å². The molecule has 0 spiro atoms. The molecule has 11 rings (SSSR count). The zero-order valence-electron chi connectivity index (χ0n) is 30.5. The van der Waals surface area contributed by atoms with Crippen LogP contribution >= 0.6 is 11.3 Å². The Hall–Kier alpha value is -6.88. The van der Waals surface area contributed by atoms with Gasteiger partial charge in [0.1, 0.15) is 0 Å². The molecule has 0 radical (unpaired) electrons. The highest BCUT2D eigenvalue weighted by Crippen LogP contribution is 2.45. The van der Waals surface area contributed by atoms with E-state index in [2.05, 4.69) is 181 Å². The van der Waals surface area contributed by atoms with Gasteiger partial charge in [-0.05, 0) is 81.1 Å². The Morgan fingerprint density at radius 2 is 1.11 bits per heavy atom. The maximum atomic E-state index is 4.77. The van der Waals surface area contributed by atoms with Crippen molar-refractivity contribution in [2.24, 2.45) is 11.8 Å². The lowest BCUT2D eigenvalue weighted by Crippen LogP contribution is -2.11. The second-order valence-electron chi connectivity index (χ2n) is 14.6. The van der Waals surface area contributed by atoms with Gasteiger partial charge in [-0.1, -0.05) is 158 Å². The van der Waals surface area contributed by atoms with Gasteiger partial charge in [-0.25, -0.2) is 0 Å². The normalized spacial score (nSPS) is 16.1. The molecule has 3 nitrogen and oxygen atoms in total. The van der Waals surface area contributed by atoms with E-state index in [1.165, 1.54) is 64.3 Å². The third-order valence-electron chi connectivity index (χ3n) is 11.2. The van der Waals surface area contributed by atoms with E-state index in [1.807, 2.05) is 35.6 Å². The zero-order valence-corrected chi connectivity index (χ0v) is 31.3. The number of thiophene rings is 1. The molecule has 7 aromatic carbocycles. The first-order valence-electron chi connectivity index (χ1n) is 19.2. The van der Waals surface area contributed by atoms with E-state index in [-0.39, 0.29) is 0 Å². The van der Waals surface area contributed by atoms with Crippen LogP contribution in [0.4, 0.5) is 0 Å². The molecule has 264 valence electrons. The van der Waals surface area contributed by atoms with Gasteiger partial charge >= 0.3 is 0 Å². The van der Waals surface area contributed by atoms with Crippen molar-refractivity contribution >= 4 is 47.9 Å². The van der Waals surface area contributed by atoms with Gasteiger partial charge in [0.15, 0.2) is 11.6 Å². The lowest BCUT2D eigenvalue weighted by Gasteiger charge is -2.23. The van der Waals surface area contributed by atoms with Crippen LogP contribution in [0.25, 0.3) is 87.2 Å². The summed E-state index contributed by atoms with van der Waals surface area (Å²) in [6, 6.07) is 56.8. The maximum Gasteiger partial charge on any atom is 0.168 e. The molecular formula is C52H35N3S. The summed E-state index contributed by atoms with van der Waals surface area (Å²) in [6.07, 6.45) is 16.0. The number of aromatic nitrogens is 3. The van der Waals surface area contributed by atoms with E-state index in [9.17, 15) is 0 Å². The van der Waals surface area contributed by atoms with Crippen molar-refractivity contribution in [3.8, 4) is 50.7 Å². The molecule has 2 unspecified atom stereocenters. The molecule has 0 aliphatic heterocycles. The molecule has 0 bridgehead atoms. The Kier molecular flexibility index (Phi) is 7.82. The molecule has 0 N–H and O–H groups in total. The fourth-order valence-corrected chi connectivity index (χ4v) is 9.54. The number of allylic oxidation sites excluding steroid dienone is 8.